The Morgan fingerprint density at radius 3 is 0.767 bits per heavy atom. The van der Waals surface area contributed by atoms with Crippen molar-refractivity contribution in [1.82, 2.24) is 0 Å². The normalized spacial score (nSPS) is 12.0. The fourth-order valence-corrected chi connectivity index (χ4v) is 9.97. The molecule has 0 rings (SSSR count). The van der Waals surface area contributed by atoms with Crippen molar-refractivity contribution >= 4 is 7.26 Å². The lowest BCUT2D eigenvalue weighted by Gasteiger charge is -2.28. The average Bonchev–Trinajstić information content (AvgIpc) is 2.75. The first-order chi connectivity index (χ1) is 14.7. The Balaban J connectivity index is 4.14. The third kappa shape index (κ3) is 19.1. The van der Waals surface area contributed by atoms with Crippen LogP contribution >= 0.6 is 7.26 Å². The van der Waals surface area contributed by atoms with Gasteiger partial charge in [0.1, 0.15) is 0 Å². The minimum absolute atomic E-state index is 0.665. The van der Waals surface area contributed by atoms with Gasteiger partial charge in [-0.05, 0) is 32.1 Å². The van der Waals surface area contributed by atoms with E-state index in [4.69, 9.17) is 0 Å². The third-order valence-electron chi connectivity index (χ3n) is 7.19. The molecule has 0 fully saturated rings. The van der Waals surface area contributed by atoms with Gasteiger partial charge in [-0.1, -0.05) is 130 Å². The quantitative estimate of drug-likeness (QED) is 0.0975. The highest BCUT2D eigenvalue weighted by Crippen LogP contribution is 2.61. The maximum absolute atomic E-state index is 2.37. The van der Waals surface area contributed by atoms with Crippen molar-refractivity contribution in [2.45, 2.75) is 163 Å². The number of hydrogen-bond donors (Lipinski definition) is 0. The Morgan fingerprint density at radius 1 is 0.267 bits per heavy atom. The van der Waals surface area contributed by atoms with Crippen molar-refractivity contribution in [2.24, 2.45) is 0 Å². The standard InChI is InChI=1S/C29H62P/c1-5-9-13-14-15-16-17-18-19-20-21-25-29-30(26-22-10-6-2,27-23-11-7-3)28-24-12-8-4/h5-29H2,1-4H3/q+1. The van der Waals surface area contributed by atoms with Gasteiger partial charge in [-0.25, -0.2) is 0 Å². The Morgan fingerprint density at radius 2 is 0.467 bits per heavy atom. The van der Waals surface area contributed by atoms with Crippen molar-refractivity contribution in [2.75, 3.05) is 24.6 Å². The maximum Gasteiger partial charge on any atom is 0.0594 e. The van der Waals surface area contributed by atoms with E-state index >= 15 is 0 Å². The molecule has 0 saturated heterocycles. The zero-order valence-corrected chi connectivity index (χ0v) is 23.0. The lowest BCUT2D eigenvalue weighted by atomic mass is 10.1. The fraction of sp³-hybridized carbons (Fsp3) is 1.00. The third-order valence-corrected chi connectivity index (χ3v) is 12.3. The molecule has 0 amide bonds. The van der Waals surface area contributed by atoms with Gasteiger partial charge in [-0.2, -0.15) is 0 Å². The molecule has 182 valence electrons. The maximum atomic E-state index is 2.37. The summed E-state index contributed by atoms with van der Waals surface area (Å²) in [6, 6.07) is 0. The number of hydrogen-bond acceptors (Lipinski definition) is 0. The molecule has 0 aromatic carbocycles. The molecule has 0 saturated carbocycles. The molecule has 0 nitrogen and oxygen atoms in total. The Labute approximate surface area is 194 Å². The van der Waals surface area contributed by atoms with Crippen molar-refractivity contribution < 1.29 is 0 Å². The minimum atomic E-state index is -0.665. The molecular weight excluding hydrogens is 379 g/mol. The van der Waals surface area contributed by atoms with Crippen LogP contribution < -0.4 is 0 Å². The summed E-state index contributed by atoms with van der Waals surface area (Å²) in [4.78, 5) is 0. The zero-order chi connectivity index (χ0) is 22.2. The number of rotatable bonds is 25. The van der Waals surface area contributed by atoms with Gasteiger partial charge in [0.05, 0.1) is 24.6 Å². The van der Waals surface area contributed by atoms with Crippen LogP contribution in [0.25, 0.3) is 0 Å². The molecule has 0 aliphatic heterocycles. The van der Waals surface area contributed by atoms with Crippen LogP contribution in [0.1, 0.15) is 163 Å². The second-order valence-corrected chi connectivity index (χ2v) is 14.7. The highest BCUT2D eigenvalue weighted by Gasteiger charge is 2.34. The summed E-state index contributed by atoms with van der Waals surface area (Å²) in [5, 5.41) is 0. The summed E-state index contributed by atoms with van der Waals surface area (Å²) in [6.45, 7) is 9.44. The molecule has 0 aromatic rings. The van der Waals surface area contributed by atoms with E-state index in [9.17, 15) is 0 Å². The first kappa shape index (κ1) is 30.4. The second-order valence-electron chi connectivity index (χ2n) is 10.2. The van der Waals surface area contributed by atoms with Gasteiger partial charge in [0.25, 0.3) is 0 Å². The topological polar surface area (TPSA) is 0 Å². The molecule has 0 bridgehead atoms. The van der Waals surface area contributed by atoms with E-state index < -0.39 is 7.26 Å². The molecule has 0 aliphatic carbocycles. The van der Waals surface area contributed by atoms with Crippen LogP contribution in [-0.2, 0) is 0 Å². The van der Waals surface area contributed by atoms with E-state index in [2.05, 4.69) is 27.7 Å². The van der Waals surface area contributed by atoms with Crippen LogP contribution in [0, 0.1) is 0 Å². The monoisotopic (exact) mass is 441 g/mol. The number of unbranched alkanes of at least 4 members (excludes halogenated alkanes) is 17. The molecule has 0 spiro atoms. The van der Waals surface area contributed by atoms with Gasteiger partial charge in [0, 0.05) is 7.26 Å². The lowest BCUT2D eigenvalue weighted by molar-refractivity contribution is 0.548. The molecular formula is C29H62P+. The highest BCUT2D eigenvalue weighted by molar-refractivity contribution is 7.75. The van der Waals surface area contributed by atoms with E-state index in [-0.39, 0.29) is 0 Å². The van der Waals surface area contributed by atoms with Gasteiger partial charge in [0.15, 0.2) is 0 Å². The molecule has 1 heteroatoms. The highest BCUT2D eigenvalue weighted by atomic mass is 31.2. The van der Waals surface area contributed by atoms with E-state index in [0.717, 1.165) is 0 Å². The van der Waals surface area contributed by atoms with E-state index in [1.165, 1.54) is 128 Å². The average molecular weight is 442 g/mol. The molecule has 0 N–H and O–H groups in total. The fourth-order valence-electron chi connectivity index (χ4n) is 5.05. The first-order valence-electron chi connectivity index (χ1n) is 14.6. The zero-order valence-electron chi connectivity index (χ0n) is 22.1. The Hall–Kier alpha value is 0.430. The van der Waals surface area contributed by atoms with Crippen molar-refractivity contribution in [3.05, 3.63) is 0 Å². The minimum Gasteiger partial charge on any atom is -0.0654 e. The van der Waals surface area contributed by atoms with Gasteiger partial charge >= 0.3 is 0 Å². The van der Waals surface area contributed by atoms with Crippen molar-refractivity contribution in [3.8, 4) is 0 Å². The molecule has 0 radical (unpaired) electrons. The summed E-state index contributed by atoms with van der Waals surface area (Å²) in [6.07, 6.45) is 37.5. The smallest absolute Gasteiger partial charge is 0.0594 e. The predicted octanol–water partition coefficient (Wildman–Crippen LogP) is 11.3. The van der Waals surface area contributed by atoms with Gasteiger partial charge in [-0.3, -0.25) is 0 Å². The van der Waals surface area contributed by atoms with Crippen LogP contribution in [0.5, 0.6) is 0 Å². The molecule has 0 aliphatic rings. The summed E-state index contributed by atoms with van der Waals surface area (Å²) in [5.74, 6) is 0. The molecule has 0 heterocycles. The van der Waals surface area contributed by atoms with Gasteiger partial charge < -0.3 is 0 Å². The van der Waals surface area contributed by atoms with Crippen LogP contribution in [-0.4, -0.2) is 24.6 Å². The summed E-state index contributed by atoms with van der Waals surface area (Å²) >= 11 is 0. The van der Waals surface area contributed by atoms with E-state index in [0.29, 0.717) is 0 Å². The molecule has 0 aromatic heterocycles. The second kappa shape index (κ2) is 24.1. The summed E-state index contributed by atoms with van der Waals surface area (Å²) in [7, 11) is -0.665. The molecule has 0 atom stereocenters. The SMILES string of the molecule is CCCCCCCCCCCCCC[P+](CCCCC)(CCCCC)CCCCC. The van der Waals surface area contributed by atoms with E-state index in [1.54, 1.807) is 31.1 Å². The van der Waals surface area contributed by atoms with Crippen molar-refractivity contribution in [3.63, 3.8) is 0 Å². The Bertz CT molecular complexity index is 285. The predicted molar refractivity (Wildman–Crippen MR) is 146 cm³/mol. The largest absolute Gasteiger partial charge is 0.0654 e. The first-order valence-corrected chi connectivity index (χ1v) is 17.1. The van der Waals surface area contributed by atoms with Crippen molar-refractivity contribution in [1.29, 1.82) is 0 Å². The summed E-state index contributed by atoms with van der Waals surface area (Å²) < 4.78 is 0. The van der Waals surface area contributed by atoms with Crippen LogP contribution in [0.4, 0.5) is 0 Å². The van der Waals surface area contributed by atoms with Crippen LogP contribution in [0.2, 0.25) is 0 Å². The van der Waals surface area contributed by atoms with Gasteiger partial charge in [0.2, 0.25) is 0 Å². The van der Waals surface area contributed by atoms with Crippen LogP contribution in [0.15, 0.2) is 0 Å². The molecule has 30 heavy (non-hydrogen) atoms. The van der Waals surface area contributed by atoms with E-state index in [1.807, 2.05) is 0 Å². The molecule has 0 unspecified atom stereocenters. The summed E-state index contributed by atoms with van der Waals surface area (Å²) in [5.41, 5.74) is 0. The van der Waals surface area contributed by atoms with Crippen LogP contribution in [0.3, 0.4) is 0 Å². The Kier molecular flexibility index (Phi) is 24.4. The lowest BCUT2D eigenvalue weighted by Crippen LogP contribution is -2.13. The van der Waals surface area contributed by atoms with Gasteiger partial charge in [-0.15, -0.1) is 0 Å².